The number of aromatic nitrogens is 4. The van der Waals surface area contributed by atoms with Gasteiger partial charge in [0, 0.05) is 19.5 Å². The van der Waals surface area contributed by atoms with E-state index in [2.05, 4.69) is 15.5 Å². The van der Waals surface area contributed by atoms with Crippen molar-refractivity contribution in [1.82, 2.24) is 25.1 Å². The maximum absolute atomic E-state index is 13.1. The van der Waals surface area contributed by atoms with E-state index < -0.39 is 12.0 Å². The standard InChI is InChI=1S/C17H21N5O3/c1-12-18-19-20-22(12)15(11-13-5-3-2-4-6-13)16(23)21-9-7-14(8-10-21)17(24)25/h2-6,14-15H,7-11H2,1H3,(H,24,25). The van der Waals surface area contributed by atoms with Gasteiger partial charge in [0.1, 0.15) is 11.9 Å². The fourth-order valence-electron chi connectivity index (χ4n) is 3.20. The quantitative estimate of drug-likeness (QED) is 0.872. The molecule has 25 heavy (non-hydrogen) atoms. The van der Waals surface area contributed by atoms with Gasteiger partial charge in [-0.3, -0.25) is 9.59 Å². The molecule has 1 aliphatic rings. The largest absolute Gasteiger partial charge is 0.481 e. The number of tetrazole rings is 1. The molecule has 1 fully saturated rings. The van der Waals surface area contributed by atoms with Gasteiger partial charge in [0.25, 0.3) is 0 Å². The summed E-state index contributed by atoms with van der Waals surface area (Å²) in [6, 6.07) is 9.20. The molecule has 0 spiro atoms. The van der Waals surface area contributed by atoms with Gasteiger partial charge in [-0.1, -0.05) is 30.3 Å². The number of carbonyl (C=O) groups excluding carboxylic acids is 1. The minimum absolute atomic E-state index is 0.0666. The molecule has 2 aromatic rings. The van der Waals surface area contributed by atoms with Gasteiger partial charge >= 0.3 is 5.97 Å². The molecule has 8 heteroatoms. The van der Waals surface area contributed by atoms with Crippen LogP contribution in [0, 0.1) is 12.8 Å². The van der Waals surface area contributed by atoms with Crippen LogP contribution >= 0.6 is 0 Å². The van der Waals surface area contributed by atoms with Crippen molar-refractivity contribution in [1.29, 1.82) is 0 Å². The summed E-state index contributed by atoms with van der Waals surface area (Å²) < 4.78 is 1.55. The molecule has 0 bridgehead atoms. The first kappa shape index (κ1) is 17.1. The van der Waals surface area contributed by atoms with Gasteiger partial charge in [0.15, 0.2) is 0 Å². The molecule has 0 radical (unpaired) electrons. The molecule has 1 saturated heterocycles. The summed E-state index contributed by atoms with van der Waals surface area (Å²) in [6.45, 7) is 2.66. The molecular formula is C17H21N5O3. The number of carboxylic acids is 1. The molecule has 2 heterocycles. The van der Waals surface area contributed by atoms with E-state index in [4.69, 9.17) is 5.11 Å². The minimum Gasteiger partial charge on any atom is -0.481 e. The van der Waals surface area contributed by atoms with Crippen LogP contribution in [-0.4, -0.2) is 55.2 Å². The number of carboxylic acid groups (broad SMARTS) is 1. The van der Waals surface area contributed by atoms with Crippen LogP contribution in [0.15, 0.2) is 30.3 Å². The lowest BCUT2D eigenvalue weighted by molar-refractivity contribution is -0.146. The van der Waals surface area contributed by atoms with Crippen molar-refractivity contribution in [2.75, 3.05) is 13.1 Å². The third-order valence-electron chi connectivity index (χ3n) is 4.67. The van der Waals surface area contributed by atoms with Gasteiger partial charge in [-0.25, -0.2) is 4.68 Å². The first-order valence-electron chi connectivity index (χ1n) is 8.36. The Labute approximate surface area is 145 Å². The molecular weight excluding hydrogens is 322 g/mol. The van der Waals surface area contributed by atoms with Gasteiger partial charge in [-0.15, -0.1) is 5.10 Å². The summed E-state index contributed by atoms with van der Waals surface area (Å²) in [7, 11) is 0. The van der Waals surface area contributed by atoms with Crippen molar-refractivity contribution in [2.24, 2.45) is 5.92 Å². The van der Waals surface area contributed by atoms with E-state index in [1.54, 1.807) is 16.5 Å². The highest BCUT2D eigenvalue weighted by atomic mass is 16.4. The Morgan fingerprint density at radius 2 is 1.92 bits per heavy atom. The number of carbonyl (C=O) groups is 2. The molecule has 0 saturated carbocycles. The molecule has 1 unspecified atom stereocenters. The Bertz CT molecular complexity index is 738. The van der Waals surface area contributed by atoms with Crippen molar-refractivity contribution < 1.29 is 14.7 Å². The predicted octanol–water partition coefficient (Wildman–Crippen LogP) is 1.09. The van der Waals surface area contributed by atoms with Crippen LogP contribution < -0.4 is 0 Å². The van der Waals surface area contributed by atoms with E-state index in [0.29, 0.717) is 38.2 Å². The Hall–Kier alpha value is -2.77. The number of piperidine rings is 1. The number of likely N-dealkylation sites (tertiary alicyclic amines) is 1. The number of rotatable bonds is 5. The predicted molar refractivity (Wildman–Crippen MR) is 88.7 cm³/mol. The number of aliphatic carboxylic acids is 1. The molecule has 3 rings (SSSR count). The number of amides is 1. The van der Waals surface area contributed by atoms with Crippen LogP contribution in [0.3, 0.4) is 0 Å². The number of aryl methyl sites for hydroxylation is 1. The van der Waals surface area contributed by atoms with Gasteiger partial charge in [0.05, 0.1) is 5.92 Å². The SMILES string of the molecule is Cc1nnnn1C(Cc1ccccc1)C(=O)N1CCC(C(=O)O)CC1. The maximum Gasteiger partial charge on any atom is 0.306 e. The Morgan fingerprint density at radius 3 is 2.48 bits per heavy atom. The second kappa shape index (κ2) is 7.42. The molecule has 132 valence electrons. The average molecular weight is 343 g/mol. The molecule has 1 aromatic carbocycles. The Morgan fingerprint density at radius 1 is 1.24 bits per heavy atom. The summed E-state index contributed by atoms with van der Waals surface area (Å²) in [6.07, 6.45) is 1.45. The first-order valence-corrected chi connectivity index (χ1v) is 8.36. The second-order valence-electron chi connectivity index (χ2n) is 6.31. The van der Waals surface area contributed by atoms with E-state index >= 15 is 0 Å². The maximum atomic E-state index is 13.1. The lowest BCUT2D eigenvalue weighted by Crippen LogP contribution is -2.44. The van der Waals surface area contributed by atoms with E-state index in [0.717, 1.165) is 5.56 Å². The van der Waals surface area contributed by atoms with Crippen molar-refractivity contribution >= 4 is 11.9 Å². The van der Waals surface area contributed by atoms with Crippen molar-refractivity contribution in [3.05, 3.63) is 41.7 Å². The lowest BCUT2D eigenvalue weighted by atomic mass is 9.96. The molecule has 1 amide bonds. The smallest absolute Gasteiger partial charge is 0.306 e. The Balaban J connectivity index is 1.78. The molecule has 1 aliphatic heterocycles. The molecule has 0 aliphatic carbocycles. The lowest BCUT2D eigenvalue weighted by Gasteiger charge is -2.33. The fourth-order valence-corrected chi connectivity index (χ4v) is 3.20. The second-order valence-corrected chi connectivity index (χ2v) is 6.31. The van der Waals surface area contributed by atoms with E-state index in [9.17, 15) is 9.59 Å². The van der Waals surface area contributed by atoms with Crippen LogP contribution in [0.25, 0.3) is 0 Å². The Kier molecular flexibility index (Phi) is 5.06. The number of hydrogen-bond acceptors (Lipinski definition) is 5. The fraction of sp³-hybridized carbons (Fsp3) is 0.471. The van der Waals surface area contributed by atoms with Crippen LogP contribution in [-0.2, 0) is 16.0 Å². The highest BCUT2D eigenvalue weighted by Crippen LogP contribution is 2.23. The normalized spacial score (nSPS) is 16.6. The zero-order chi connectivity index (χ0) is 17.8. The zero-order valence-corrected chi connectivity index (χ0v) is 14.1. The summed E-state index contributed by atoms with van der Waals surface area (Å²) in [5.41, 5.74) is 1.02. The van der Waals surface area contributed by atoms with Gasteiger partial charge in [0.2, 0.25) is 5.91 Å². The molecule has 1 aromatic heterocycles. The van der Waals surface area contributed by atoms with E-state index in [-0.39, 0.29) is 11.8 Å². The van der Waals surface area contributed by atoms with Gasteiger partial charge in [-0.2, -0.15) is 0 Å². The third kappa shape index (κ3) is 3.84. The van der Waals surface area contributed by atoms with Crippen molar-refractivity contribution in [2.45, 2.75) is 32.2 Å². The minimum atomic E-state index is -0.788. The van der Waals surface area contributed by atoms with Crippen molar-refractivity contribution in [3.8, 4) is 0 Å². The highest BCUT2D eigenvalue weighted by Gasteiger charge is 2.32. The van der Waals surface area contributed by atoms with Crippen LogP contribution in [0.2, 0.25) is 0 Å². The van der Waals surface area contributed by atoms with Crippen LogP contribution in [0.1, 0.15) is 30.3 Å². The average Bonchev–Trinajstić information content (AvgIpc) is 3.06. The summed E-state index contributed by atoms with van der Waals surface area (Å²) >= 11 is 0. The summed E-state index contributed by atoms with van der Waals surface area (Å²) in [4.78, 5) is 25.9. The molecule has 8 nitrogen and oxygen atoms in total. The zero-order valence-electron chi connectivity index (χ0n) is 14.1. The van der Waals surface area contributed by atoms with Gasteiger partial charge in [-0.05, 0) is 35.8 Å². The number of hydrogen-bond donors (Lipinski definition) is 1. The monoisotopic (exact) mass is 343 g/mol. The molecule has 1 atom stereocenters. The topological polar surface area (TPSA) is 101 Å². The van der Waals surface area contributed by atoms with Crippen molar-refractivity contribution in [3.63, 3.8) is 0 Å². The third-order valence-corrected chi connectivity index (χ3v) is 4.67. The van der Waals surface area contributed by atoms with Crippen LogP contribution in [0.4, 0.5) is 0 Å². The summed E-state index contributed by atoms with van der Waals surface area (Å²) in [5, 5.41) is 20.7. The summed E-state index contributed by atoms with van der Waals surface area (Å²) in [5.74, 6) is -0.645. The number of benzene rings is 1. The van der Waals surface area contributed by atoms with E-state index in [1.807, 2.05) is 30.3 Å². The number of nitrogens with zero attached hydrogens (tertiary/aromatic N) is 5. The van der Waals surface area contributed by atoms with Crippen LogP contribution in [0.5, 0.6) is 0 Å². The van der Waals surface area contributed by atoms with E-state index in [1.165, 1.54) is 0 Å². The highest BCUT2D eigenvalue weighted by molar-refractivity contribution is 5.81. The first-order chi connectivity index (χ1) is 12.1. The van der Waals surface area contributed by atoms with Gasteiger partial charge < -0.3 is 10.0 Å². The molecule has 1 N–H and O–H groups in total.